The van der Waals surface area contributed by atoms with E-state index in [4.69, 9.17) is 0 Å². The summed E-state index contributed by atoms with van der Waals surface area (Å²) in [6.07, 6.45) is 5.34. The van der Waals surface area contributed by atoms with Crippen molar-refractivity contribution >= 4 is 23.5 Å². The number of carbonyl (C=O) groups is 3. The number of hydrogen-bond donors (Lipinski definition) is 4. The number of amides is 4. The van der Waals surface area contributed by atoms with Crippen LogP contribution >= 0.6 is 0 Å². The second kappa shape index (κ2) is 10.4. The third-order valence-electron chi connectivity index (χ3n) is 5.69. The molecule has 4 amide bonds. The maximum atomic E-state index is 12.5. The minimum absolute atomic E-state index is 0.131. The zero-order valence-corrected chi connectivity index (χ0v) is 18.3. The van der Waals surface area contributed by atoms with Crippen molar-refractivity contribution in [2.45, 2.75) is 71.9 Å². The van der Waals surface area contributed by atoms with Crippen molar-refractivity contribution in [3.05, 3.63) is 28.8 Å². The van der Waals surface area contributed by atoms with Gasteiger partial charge in [0, 0.05) is 11.7 Å². The van der Waals surface area contributed by atoms with Crippen molar-refractivity contribution in [2.75, 3.05) is 18.9 Å². The zero-order chi connectivity index (χ0) is 21.6. The van der Waals surface area contributed by atoms with E-state index < -0.39 is 12.1 Å². The minimum atomic E-state index is -0.530. The third-order valence-corrected chi connectivity index (χ3v) is 5.69. The first-order chi connectivity index (χ1) is 13.7. The lowest BCUT2D eigenvalue weighted by Gasteiger charge is -2.24. The van der Waals surface area contributed by atoms with Crippen LogP contribution in [0, 0.1) is 20.8 Å². The van der Waals surface area contributed by atoms with Gasteiger partial charge < -0.3 is 15.5 Å². The van der Waals surface area contributed by atoms with Crippen LogP contribution in [0.5, 0.6) is 0 Å². The maximum Gasteiger partial charge on any atom is 0.321 e. The fourth-order valence-electron chi connectivity index (χ4n) is 3.88. The molecule has 1 fully saturated rings. The number of carbonyl (C=O) groups excluding carboxylic acids is 3. The first-order valence-corrected chi connectivity index (χ1v) is 10.5. The number of rotatable bonds is 6. The normalized spacial score (nSPS) is 16.6. The highest BCUT2D eigenvalue weighted by Crippen LogP contribution is 2.21. The van der Waals surface area contributed by atoms with E-state index in [-0.39, 0.29) is 24.4 Å². The van der Waals surface area contributed by atoms with Crippen molar-refractivity contribution in [2.24, 2.45) is 0 Å². The van der Waals surface area contributed by atoms with E-state index >= 15 is 0 Å². The van der Waals surface area contributed by atoms with Gasteiger partial charge in [-0.05, 0) is 51.7 Å². The predicted molar refractivity (Wildman–Crippen MR) is 114 cm³/mol. The summed E-state index contributed by atoms with van der Waals surface area (Å²) in [5, 5.41) is 8.24. The molecule has 1 aromatic carbocycles. The summed E-state index contributed by atoms with van der Waals surface area (Å²) < 4.78 is 0. The number of nitrogens with one attached hydrogen (secondary N) is 4. The number of likely N-dealkylation sites (N-methyl/N-ethyl adjacent to an activating group) is 1. The quantitative estimate of drug-likeness (QED) is 0.582. The van der Waals surface area contributed by atoms with Crippen LogP contribution in [0.15, 0.2) is 12.1 Å². The van der Waals surface area contributed by atoms with Gasteiger partial charge in [-0.1, -0.05) is 37.0 Å². The standard InChI is InChI=1S/C22H34N4O3/c1-14-11-15(2)20(16(3)12-14)24-19(27)13-26(5)17(4)21(28)25-22(29)23-18-9-7-6-8-10-18/h11-12,17-18H,6-10,13H2,1-5H3,(H,24,27)(H2,23,25,28,29)/p+1/t17-/m1/s1. The average molecular weight is 404 g/mol. The fourth-order valence-corrected chi connectivity index (χ4v) is 3.88. The molecule has 0 bridgehead atoms. The van der Waals surface area contributed by atoms with E-state index in [1.54, 1.807) is 14.0 Å². The van der Waals surface area contributed by atoms with Crippen LogP contribution in [0.4, 0.5) is 10.5 Å². The van der Waals surface area contributed by atoms with Gasteiger partial charge in [0.05, 0.1) is 7.05 Å². The first-order valence-electron chi connectivity index (χ1n) is 10.5. The van der Waals surface area contributed by atoms with Crippen LogP contribution in [0.25, 0.3) is 0 Å². The Morgan fingerprint density at radius 3 is 2.24 bits per heavy atom. The molecule has 1 aliphatic carbocycles. The van der Waals surface area contributed by atoms with E-state index in [0.717, 1.165) is 48.1 Å². The Hall–Kier alpha value is -2.41. The number of hydrogen-bond acceptors (Lipinski definition) is 3. The van der Waals surface area contributed by atoms with Crippen molar-refractivity contribution in [1.82, 2.24) is 10.6 Å². The number of quaternary nitrogens is 1. The van der Waals surface area contributed by atoms with Crippen LogP contribution < -0.4 is 20.9 Å². The van der Waals surface area contributed by atoms with E-state index in [9.17, 15) is 14.4 Å². The smallest absolute Gasteiger partial charge is 0.321 e. The number of urea groups is 1. The predicted octanol–water partition coefficient (Wildman–Crippen LogP) is 1.61. The molecule has 160 valence electrons. The lowest BCUT2D eigenvalue weighted by Crippen LogP contribution is -3.15. The van der Waals surface area contributed by atoms with E-state index in [1.807, 2.05) is 32.9 Å². The Morgan fingerprint density at radius 1 is 1.07 bits per heavy atom. The van der Waals surface area contributed by atoms with Crippen molar-refractivity contribution in [3.63, 3.8) is 0 Å². The number of benzene rings is 1. The molecular formula is C22H35N4O3+. The second-order valence-corrected chi connectivity index (χ2v) is 8.36. The molecule has 1 aromatic rings. The Labute approximate surface area is 173 Å². The van der Waals surface area contributed by atoms with Gasteiger partial charge in [0.15, 0.2) is 12.6 Å². The van der Waals surface area contributed by atoms with Gasteiger partial charge in [0.25, 0.3) is 11.8 Å². The largest absolute Gasteiger partial charge is 0.335 e. The fraction of sp³-hybridized carbons (Fsp3) is 0.591. The van der Waals surface area contributed by atoms with Crippen LogP contribution in [0.1, 0.15) is 55.7 Å². The van der Waals surface area contributed by atoms with Gasteiger partial charge in [0.2, 0.25) is 0 Å². The van der Waals surface area contributed by atoms with E-state index in [1.165, 1.54) is 6.42 Å². The highest BCUT2D eigenvalue weighted by molar-refractivity contribution is 5.96. The first kappa shape index (κ1) is 22.9. The second-order valence-electron chi connectivity index (χ2n) is 8.36. The molecule has 0 saturated heterocycles. The summed E-state index contributed by atoms with van der Waals surface area (Å²) in [6, 6.07) is 3.22. The summed E-state index contributed by atoms with van der Waals surface area (Å²) >= 11 is 0. The van der Waals surface area contributed by atoms with E-state index in [2.05, 4.69) is 16.0 Å². The summed E-state index contributed by atoms with van der Waals surface area (Å²) in [5.74, 6) is -0.546. The molecule has 1 saturated carbocycles. The van der Waals surface area contributed by atoms with Crippen molar-refractivity contribution < 1.29 is 19.3 Å². The summed E-state index contributed by atoms with van der Waals surface area (Å²) in [4.78, 5) is 37.7. The summed E-state index contributed by atoms with van der Waals surface area (Å²) in [6.45, 7) is 7.80. The molecule has 7 heteroatoms. The molecule has 29 heavy (non-hydrogen) atoms. The van der Waals surface area contributed by atoms with Gasteiger partial charge >= 0.3 is 6.03 Å². The highest BCUT2D eigenvalue weighted by atomic mass is 16.2. The van der Waals surface area contributed by atoms with Crippen LogP contribution in [-0.4, -0.2) is 43.5 Å². The molecule has 4 N–H and O–H groups in total. The van der Waals surface area contributed by atoms with Crippen LogP contribution in [0.2, 0.25) is 0 Å². The van der Waals surface area contributed by atoms with Gasteiger partial charge in [-0.3, -0.25) is 14.9 Å². The molecule has 0 spiro atoms. The summed E-state index contributed by atoms with van der Waals surface area (Å²) in [5.41, 5.74) is 3.99. The SMILES string of the molecule is Cc1cc(C)c(NC(=O)C[NH+](C)[C@H](C)C(=O)NC(=O)NC2CCCCC2)c(C)c1. The third kappa shape index (κ3) is 6.85. The monoisotopic (exact) mass is 403 g/mol. The van der Waals surface area contributed by atoms with E-state index in [0.29, 0.717) is 4.90 Å². The van der Waals surface area contributed by atoms with Gasteiger partial charge in [0.1, 0.15) is 0 Å². The van der Waals surface area contributed by atoms with Crippen molar-refractivity contribution in [1.29, 1.82) is 0 Å². The Morgan fingerprint density at radius 2 is 1.66 bits per heavy atom. The molecule has 1 aliphatic rings. The molecule has 2 rings (SSSR count). The molecule has 1 unspecified atom stereocenters. The van der Waals surface area contributed by atoms with Crippen LogP contribution in [-0.2, 0) is 9.59 Å². The molecule has 0 radical (unpaired) electrons. The topological polar surface area (TPSA) is 91.7 Å². The average Bonchev–Trinajstić information content (AvgIpc) is 2.64. The van der Waals surface area contributed by atoms with Gasteiger partial charge in [-0.2, -0.15) is 0 Å². The highest BCUT2D eigenvalue weighted by Gasteiger charge is 2.26. The molecular weight excluding hydrogens is 368 g/mol. The Kier molecular flexibility index (Phi) is 8.20. The maximum absolute atomic E-state index is 12.5. The molecule has 0 aliphatic heterocycles. The lowest BCUT2D eigenvalue weighted by molar-refractivity contribution is -0.885. The lowest BCUT2D eigenvalue weighted by atomic mass is 9.96. The van der Waals surface area contributed by atoms with Gasteiger partial charge in [-0.15, -0.1) is 0 Å². The number of imide groups is 1. The molecule has 0 heterocycles. The Balaban J connectivity index is 1.84. The minimum Gasteiger partial charge on any atom is -0.335 e. The molecule has 2 atom stereocenters. The number of aryl methyl sites for hydroxylation is 3. The van der Waals surface area contributed by atoms with Crippen LogP contribution in [0.3, 0.4) is 0 Å². The molecule has 7 nitrogen and oxygen atoms in total. The Bertz CT molecular complexity index is 733. The van der Waals surface area contributed by atoms with Gasteiger partial charge in [-0.25, -0.2) is 4.79 Å². The zero-order valence-electron chi connectivity index (χ0n) is 18.3. The summed E-state index contributed by atoms with van der Waals surface area (Å²) in [7, 11) is 1.78. The number of anilines is 1. The van der Waals surface area contributed by atoms with Crippen molar-refractivity contribution in [3.8, 4) is 0 Å². The molecule has 0 aromatic heterocycles.